The zero-order valence-electron chi connectivity index (χ0n) is 14.9. The number of amides is 2. The molecule has 0 fully saturated rings. The summed E-state index contributed by atoms with van der Waals surface area (Å²) in [4.78, 5) is 25.8. The van der Waals surface area contributed by atoms with Crippen molar-refractivity contribution in [1.82, 2.24) is 4.90 Å². The van der Waals surface area contributed by atoms with Crippen LogP contribution < -0.4 is 10.1 Å². The number of ether oxygens (including phenoxy) is 1. The molecule has 2 aromatic rings. The molecule has 27 heavy (non-hydrogen) atoms. The van der Waals surface area contributed by atoms with Crippen LogP contribution in [0.4, 0.5) is 14.5 Å². The highest BCUT2D eigenvalue weighted by Gasteiger charge is 2.11. The van der Waals surface area contributed by atoms with Crippen LogP contribution in [0.5, 0.6) is 5.75 Å². The maximum absolute atomic E-state index is 12.3. The Morgan fingerprint density at radius 1 is 1.11 bits per heavy atom. The van der Waals surface area contributed by atoms with Crippen molar-refractivity contribution in [3.63, 3.8) is 0 Å². The molecule has 0 saturated heterocycles. The molecule has 0 saturated carbocycles. The quantitative estimate of drug-likeness (QED) is 0.688. The first-order valence-electron chi connectivity index (χ1n) is 8.11. The van der Waals surface area contributed by atoms with Crippen LogP contribution in [0.2, 0.25) is 0 Å². The van der Waals surface area contributed by atoms with E-state index in [1.165, 1.54) is 30.8 Å². The Morgan fingerprint density at radius 2 is 1.74 bits per heavy atom. The highest BCUT2D eigenvalue weighted by atomic mass is 32.2. The largest absolute Gasteiger partial charge is 0.435 e. The number of nitrogens with one attached hydrogen (secondary N) is 1. The van der Waals surface area contributed by atoms with Crippen molar-refractivity contribution in [3.05, 3.63) is 54.1 Å². The Morgan fingerprint density at radius 3 is 2.30 bits per heavy atom. The third-order valence-electron chi connectivity index (χ3n) is 3.53. The molecule has 8 heteroatoms. The summed E-state index contributed by atoms with van der Waals surface area (Å²) in [6, 6.07) is 13.4. The van der Waals surface area contributed by atoms with E-state index in [1.807, 2.05) is 12.1 Å². The molecule has 0 radical (unpaired) electrons. The molecule has 0 atom stereocenters. The van der Waals surface area contributed by atoms with Gasteiger partial charge in [-0.1, -0.05) is 12.1 Å². The Balaban J connectivity index is 1.82. The number of benzene rings is 2. The minimum atomic E-state index is -2.86. The molecule has 0 aliphatic heterocycles. The molecule has 2 rings (SSSR count). The predicted molar refractivity (Wildman–Crippen MR) is 101 cm³/mol. The topological polar surface area (TPSA) is 58.6 Å². The molecule has 0 bridgehead atoms. The van der Waals surface area contributed by atoms with Gasteiger partial charge in [0.2, 0.25) is 11.8 Å². The average molecular weight is 394 g/mol. The number of thioether (sulfide) groups is 1. The normalized spacial score (nSPS) is 10.6. The molecule has 0 aliphatic rings. The van der Waals surface area contributed by atoms with Crippen LogP contribution in [-0.4, -0.2) is 36.1 Å². The minimum absolute atomic E-state index is 0.0566. The summed E-state index contributed by atoms with van der Waals surface area (Å²) in [6.07, 6.45) is 0. The summed E-state index contributed by atoms with van der Waals surface area (Å²) in [5, 5.41) is 2.68. The van der Waals surface area contributed by atoms with Gasteiger partial charge < -0.3 is 15.0 Å². The first-order chi connectivity index (χ1) is 12.8. The van der Waals surface area contributed by atoms with Gasteiger partial charge in [0.15, 0.2) is 0 Å². The summed E-state index contributed by atoms with van der Waals surface area (Å²) in [5.41, 5.74) is 1.52. The van der Waals surface area contributed by atoms with Gasteiger partial charge in [-0.3, -0.25) is 9.59 Å². The molecule has 0 spiro atoms. The van der Waals surface area contributed by atoms with Crippen molar-refractivity contribution in [2.24, 2.45) is 0 Å². The van der Waals surface area contributed by atoms with Gasteiger partial charge in [0.25, 0.3) is 0 Å². The summed E-state index contributed by atoms with van der Waals surface area (Å²) < 4.78 is 28.6. The molecule has 2 aromatic carbocycles. The first-order valence-corrected chi connectivity index (χ1v) is 9.10. The highest BCUT2D eigenvalue weighted by molar-refractivity contribution is 8.00. The molecule has 144 valence electrons. The van der Waals surface area contributed by atoms with E-state index in [1.54, 1.807) is 36.2 Å². The van der Waals surface area contributed by atoms with Crippen molar-refractivity contribution in [1.29, 1.82) is 0 Å². The number of anilines is 1. The van der Waals surface area contributed by atoms with E-state index in [-0.39, 0.29) is 23.3 Å². The number of alkyl halides is 2. The fraction of sp³-hybridized carbons (Fsp3) is 0.263. The van der Waals surface area contributed by atoms with Crippen LogP contribution in [0.15, 0.2) is 53.4 Å². The molecule has 0 heterocycles. The summed E-state index contributed by atoms with van der Waals surface area (Å²) in [6.45, 7) is -1.05. The first kappa shape index (κ1) is 20.7. The lowest BCUT2D eigenvalue weighted by molar-refractivity contribution is -0.127. The zero-order valence-corrected chi connectivity index (χ0v) is 15.8. The van der Waals surface area contributed by atoms with Gasteiger partial charge in [0, 0.05) is 31.1 Å². The van der Waals surface area contributed by atoms with Gasteiger partial charge in [-0.25, -0.2) is 0 Å². The molecular weight excluding hydrogens is 374 g/mol. The third-order valence-corrected chi connectivity index (χ3v) is 4.53. The maximum atomic E-state index is 12.3. The number of hydrogen-bond acceptors (Lipinski definition) is 4. The van der Waals surface area contributed by atoms with E-state index in [0.717, 1.165) is 10.5 Å². The summed E-state index contributed by atoms with van der Waals surface area (Å²) in [5.74, 6) is 0.156. The Hall–Kier alpha value is -2.61. The SMILES string of the molecule is CC(=O)Nc1ccc(SCC(=O)N(C)Cc2ccc(OC(F)F)cc2)cc1. The smallest absolute Gasteiger partial charge is 0.387 e. The number of rotatable bonds is 8. The second-order valence-electron chi connectivity index (χ2n) is 5.77. The van der Waals surface area contributed by atoms with Crippen LogP contribution in [-0.2, 0) is 16.1 Å². The lowest BCUT2D eigenvalue weighted by Crippen LogP contribution is -2.27. The molecule has 5 nitrogen and oxygen atoms in total. The second-order valence-corrected chi connectivity index (χ2v) is 6.82. The van der Waals surface area contributed by atoms with Gasteiger partial charge in [-0.2, -0.15) is 8.78 Å². The Labute approximate surface area is 160 Å². The number of carbonyl (C=O) groups is 2. The van der Waals surface area contributed by atoms with Gasteiger partial charge >= 0.3 is 6.61 Å². The van der Waals surface area contributed by atoms with Crippen LogP contribution >= 0.6 is 11.8 Å². The Bertz CT molecular complexity index is 768. The van der Waals surface area contributed by atoms with Crippen LogP contribution in [0.25, 0.3) is 0 Å². The average Bonchev–Trinajstić information content (AvgIpc) is 2.61. The third kappa shape index (κ3) is 7.26. The van der Waals surface area contributed by atoms with E-state index in [4.69, 9.17) is 0 Å². The van der Waals surface area contributed by atoms with Gasteiger partial charge in [0.05, 0.1) is 5.75 Å². The molecule has 2 amide bonds. The van der Waals surface area contributed by atoms with Crippen molar-refractivity contribution in [2.75, 3.05) is 18.1 Å². The fourth-order valence-electron chi connectivity index (χ4n) is 2.23. The van der Waals surface area contributed by atoms with E-state index in [9.17, 15) is 18.4 Å². The van der Waals surface area contributed by atoms with Crippen molar-refractivity contribution in [2.45, 2.75) is 25.0 Å². The van der Waals surface area contributed by atoms with E-state index in [0.29, 0.717) is 12.2 Å². The van der Waals surface area contributed by atoms with E-state index in [2.05, 4.69) is 10.1 Å². The lowest BCUT2D eigenvalue weighted by Gasteiger charge is -2.17. The second kappa shape index (κ2) is 9.91. The van der Waals surface area contributed by atoms with Crippen molar-refractivity contribution >= 4 is 29.3 Å². The van der Waals surface area contributed by atoms with Crippen molar-refractivity contribution in [3.8, 4) is 5.75 Å². The number of nitrogens with zero attached hydrogens (tertiary/aromatic N) is 1. The van der Waals surface area contributed by atoms with Gasteiger partial charge in [-0.15, -0.1) is 11.8 Å². The Kier molecular flexibility index (Phi) is 7.60. The monoisotopic (exact) mass is 394 g/mol. The van der Waals surface area contributed by atoms with Crippen LogP contribution in [0.1, 0.15) is 12.5 Å². The van der Waals surface area contributed by atoms with Crippen molar-refractivity contribution < 1.29 is 23.1 Å². The molecule has 0 aromatic heterocycles. The van der Waals surface area contributed by atoms with Crippen LogP contribution in [0.3, 0.4) is 0 Å². The molecule has 0 unspecified atom stereocenters. The number of halogens is 2. The minimum Gasteiger partial charge on any atom is -0.435 e. The van der Waals surface area contributed by atoms with E-state index >= 15 is 0 Å². The molecular formula is C19H20F2N2O3S. The van der Waals surface area contributed by atoms with Gasteiger partial charge in [0.1, 0.15) is 5.75 Å². The highest BCUT2D eigenvalue weighted by Crippen LogP contribution is 2.21. The van der Waals surface area contributed by atoms with E-state index < -0.39 is 6.61 Å². The fourth-order valence-corrected chi connectivity index (χ4v) is 3.07. The standard InChI is InChI=1S/C19H20F2N2O3S/c1-13(24)22-15-5-9-17(10-6-15)27-12-18(25)23(2)11-14-3-7-16(8-4-14)26-19(20)21/h3-10,19H,11-12H2,1-2H3,(H,22,24). The van der Waals surface area contributed by atoms with Gasteiger partial charge in [-0.05, 0) is 42.0 Å². The predicted octanol–water partition coefficient (Wildman–Crippen LogP) is 4.00. The summed E-state index contributed by atoms with van der Waals surface area (Å²) in [7, 11) is 1.69. The maximum Gasteiger partial charge on any atom is 0.387 e. The zero-order chi connectivity index (χ0) is 19.8. The number of hydrogen-bond donors (Lipinski definition) is 1. The lowest BCUT2D eigenvalue weighted by atomic mass is 10.2. The molecule has 1 N–H and O–H groups in total. The molecule has 0 aliphatic carbocycles. The summed E-state index contributed by atoms with van der Waals surface area (Å²) >= 11 is 1.40. The van der Waals surface area contributed by atoms with Crippen LogP contribution in [0, 0.1) is 0 Å². The number of carbonyl (C=O) groups excluding carboxylic acids is 2.